The van der Waals surface area contributed by atoms with E-state index in [1.807, 2.05) is 0 Å². The molecule has 0 saturated heterocycles. The summed E-state index contributed by atoms with van der Waals surface area (Å²) in [6.45, 7) is 1.68. The lowest BCUT2D eigenvalue weighted by molar-refractivity contribution is -0.385. The summed E-state index contributed by atoms with van der Waals surface area (Å²) in [6, 6.07) is 8.92. The van der Waals surface area contributed by atoms with Crippen LogP contribution >= 0.6 is 0 Å². The Hall–Kier alpha value is -4.61. The smallest absolute Gasteiger partial charge is 0.349 e. The first kappa shape index (κ1) is 23.1. The van der Waals surface area contributed by atoms with E-state index < -0.39 is 39.0 Å². The van der Waals surface area contributed by atoms with Gasteiger partial charge < -0.3 is 14.5 Å². The van der Waals surface area contributed by atoms with Crippen LogP contribution in [-0.2, 0) is 9.53 Å². The number of amides is 1. The van der Waals surface area contributed by atoms with Gasteiger partial charge in [-0.15, -0.1) is 0 Å². The molecule has 0 saturated carbocycles. The minimum Gasteiger partial charge on any atom is -0.466 e. The molecule has 0 aliphatic heterocycles. The minimum absolute atomic E-state index is 0.0453. The summed E-state index contributed by atoms with van der Waals surface area (Å²) in [7, 11) is 0. The van der Waals surface area contributed by atoms with Crippen molar-refractivity contribution in [1.29, 1.82) is 0 Å². The number of hydrogen-bond donors (Lipinski definition) is 1. The molecular weight excluding hydrogens is 438 g/mol. The molecule has 0 fully saturated rings. The van der Waals surface area contributed by atoms with Crippen molar-refractivity contribution in [2.24, 2.45) is 0 Å². The van der Waals surface area contributed by atoms with E-state index in [4.69, 9.17) is 9.15 Å². The Morgan fingerprint density at radius 2 is 1.76 bits per heavy atom. The zero-order valence-electron chi connectivity index (χ0n) is 17.2. The highest BCUT2D eigenvalue weighted by molar-refractivity contribution is 5.97. The van der Waals surface area contributed by atoms with Gasteiger partial charge in [-0.05, 0) is 24.6 Å². The fourth-order valence-corrected chi connectivity index (χ4v) is 3.11. The molecule has 3 aromatic rings. The van der Waals surface area contributed by atoms with Crippen LogP contribution in [0.25, 0.3) is 11.0 Å². The number of hydrogen-bond acceptors (Lipinski definition) is 9. The molecule has 0 aliphatic carbocycles. The van der Waals surface area contributed by atoms with Crippen LogP contribution in [0.4, 0.5) is 11.4 Å². The second kappa shape index (κ2) is 9.68. The summed E-state index contributed by atoms with van der Waals surface area (Å²) in [5.41, 5.74) is -1.69. The van der Waals surface area contributed by atoms with Crippen molar-refractivity contribution in [3.05, 3.63) is 90.3 Å². The second-order valence-corrected chi connectivity index (χ2v) is 6.81. The van der Waals surface area contributed by atoms with Crippen LogP contribution in [0.1, 0.15) is 35.3 Å². The quantitative estimate of drug-likeness (QED) is 0.232. The SMILES string of the molecule is CCOC(=O)C[C@H](NC(=O)c1cc2cc([N+](=O)[O-])ccc2oc1=O)c1cccc([N+](=O)[O-])c1. The fraction of sp³-hybridized carbons (Fsp3) is 0.190. The number of nitrogens with zero attached hydrogens (tertiary/aromatic N) is 2. The maximum absolute atomic E-state index is 12.9. The Kier molecular flexibility index (Phi) is 6.77. The number of benzene rings is 2. The number of esters is 1. The number of rotatable bonds is 8. The molecular formula is C21H17N3O9. The lowest BCUT2D eigenvalue weighted by Gasteiger charge is -2.18. The summed E-state index contributed by atoms with van der Waals surface area (Å²) in [4.78, 5) is 58.1. The highest BCUT2D eigenvalue weighted by atomic mass is 16.6. The van der Waals surface area contributed by atoms with E-state index in [0.29, 0.717) is 0 Å². The molecule has 0 unspecified atom stereocenters. The van der Waals surface area contributed by atoms with E-state index in [1.54, 1.807) is 6.92 Å². The molecule has 1 heterocycles. The average Bonchev–Trinajstić information content (AvgIpc) is 2.77. The Morgan fingerprint density at radius 3 is 2.42 bits per heavy atom. The molecule has 1 N–H and O–H groups in total. The van der Waals surface area contributed by atoms with E-state index in [2.05, 4.69) is 5.32 Å². The van der Waals surface area contributed by atoms with E-state index in [1.165, 1.54) is 30.3 Å². The maximum atomic E-state index is 12.9. The number of fused-ring (bicyclic) bond motifs is 1. The lowest BCUT2D eigenvalue weighted by Crippen LogP contribution is -2.33. The first-order chi connectivity index (χ1) is 15.7. The standard InChI is InChI=1S/C21H17N3O9/c1-2-32-19(25)11-17(12-4-3-5-14(8-12)23(28)29)22-20(26)16-10-13-9-15(24(30)31)6-7-18(13)33-21(16)27/h3-10,17H,2,11H2,1H3,(H,22,26)/t17-/m0/s1. The number of carbonyl (C=O) groups excluding carboxylic acids is 2. The third-order valence-corrected chi connectivity index (χ3v) is 4.64. The van der Waals surface area contributed by atoms with Crippen molar-refractivity contribution < 1.29 is 28.6 Å². The molecule has 12 heteroatoms. The van der Waals surface area contributed by atoms with Crippen LogP contribution in [0.15, 0.2) is 57.7 Å². The summed E-state index contributed by atoms with van der Waals surface area (Å²) >= 11 is 0. The Labute approximate surface area is 185 Å². The highest BCUT2D eigenvalue weighted by Crippen LogP contribution is 2.24. The van der Waals surface area contributed by atoms with Crippen LogP contribution in [0.3, 0.4) is 0 Å². The molecule has 0 bridgehead atoms. The van der Waals surface area contributed by atoms with Gasteiger partial charge in [-0.3, -0.25) is 29.8 Å². The molecule has 1 atom stereocenters. The predicted molar refractivity (Wildman–Crippen MR) is 114 cm³/mol. The van der Waals surface area contributed by atoms with Gasteiger partial charge in [0.05, 0.1) is 28.9 Å². The van der Waals surface area contributed by atoms with Crippen LogP contribution in [-0.4, -0.2) is 28.3 Å². The van der Waals surface area contributed by atoms with Gasteiger partial charge in [0.1, 0.15) is 11.1 Å². The summed E-state index contributed by atoms with van der Waals surface area (Å²) in [6.07, 6.45) is -0.356. The van der Waals surface area contributed by atoms with Crippen LogP contribution in [0.2, 0.25) is 0 Å². The molecule has 0 aliphatic rings. The number of carbonyl (C=O) groups is 2. The monoisotopic (exact) mass is 455 g/mol. The Morgan fingerprint density at radius 1 is 1.06 bits per heavy atom. The van der Waals surface area contributed by atoms with Gasteiger partial charge in [0.2, 0.25) is 0 Å². The van der Waals surface area contributed by atoms with Crippen LogP contribution in [0, 0.1) is 20.2 Å². The average molecular weight is 455 g/mol. The number of nitro benzene ring substituents is 2. The summed E-state index contributed by atoms with van der Waals surface area (Å²) < 4.78 is 9.99. The predicted octanol–water partition coefficient (Wildman–Crippen LogP) is 3.03. The van der Waals surface area contributed by atoms with Crippen molar-refractivity contribution in [2.75, 3.05) is 6.61 Å². The summed E-state index contributed by atoms with van der Waals surface area (Å²) in [5, 5.41) is 24.8. The largest absolute Gasteiger partial charge is 0.466 e. The van der Waals surface area contributed by atoms with E-state index in [-0.39, 0.29) is 40.9 Å². The molecule has 0 radical (unpaired) electrons. The molecule has 2 aromatic carbocycles. The first-order valence-electron chi connectivity index (χ1n) is 9.62. The van der Waals surface area contributed by atoms with Gasteiger partial charge in [-0.25, -0.2) is 4.79 Å². The first-order valence-corrected chi connectivity index (χ1v) is 9.62. The molecule has 170 valence electrons. The topological polar surface area (TPSA) is 172 Å². The number of ether oxygens (including phenoxy) is 1. The van der Waals surface area contributed by atoms with E-state index in [0.717, 1.165) is 18.2 Å². The molecule has 12 nitrogen and oxygen atoms in total. The lowest BCUT2D eigenvalue weighted by atomic mass is 10.0. The fourth-order valence-electron chi connectivity index (χ4n) is 3.11. The maximum Gasteiger partial charge on any atom is 0.349 e. The molecule has 1 amide bonds. The summed E-state index contributed by atoms with van der Waals surface area (Å²) in [5.74, 6) is -1.60. The number of nitrogens with one attached hydrogen (secondary N) is 1. The molecule has 3 rings (SSSR count). The van der Waals surface area contributed by atoms with Gasteiger partial charge in [0, 0.05) is 29.7 Å². The van der Waals surface area contributed by atoms with Crippen molar-refractivity contribution in [1.82, 2.24) is 5.32 Å². The van der Waals surface area contributed by atoms with Crippen molar-refractivity contribution >= 4 is 34.2 Å². The molecule has 33 heavy (non-hydrogen) atoms. The number of non-ortho nitro benzene ring substituents is 2. The zero-order chi connectivity index (χ0) is 24.1. The van der Waals surface area contributed by atoms with Crippen LogP contribution in [0.5, 0.6) is 0 Å². The van der Waals surface area contributed by atoms with Crippen molar-refractivity contribution in [3.63, 3.8) is 0 Å². The van der Waals surface area contributed by atoms with Gasteiger partial charge in [-0.1, -0.05) is 12.1 Å². The van der Waals surface area contributed by atoms with E-state index >= 15 is 0 Å². The molecule has 0 spiro atoms. The highest BCUT2D eigenvalue weighted by Gasteiger charge is 2.24. The third kappa shape index (κ3) is 5.36. The second-order valence-electron chi connectivity index (χ2n) is 6.81. The van der Waals surface area contributed by atoms with E-state index in [9.17, 15) is 34.6 Å². The van der Waals surface area contributed by atoms with Gasteiger partial charge in [0.15, 0.2) is 0 Å². The minimum atomic E-state index is -1.06. The normalized spacial score (nSPS) is 11.5. The van der Waals surface area contributed by atoms with Gasteiger partial charge >= 0.3 is 11.6 Å². The molecule has 1 aromatic heterocycles. The number of nitro groups is 2. The van der Waals surface area contributed by atoms with Gasteiger partial charge in [0.25, 0.3) is 17.3 Å². The van der Waals surface area contributed by atoms with Crippen LogP contribution < -0.4 is 10.9 Å². The Balaban J connectivity index is 1.98. The van der Waals surface area contributed by atoms with Crippen molar-refractivity contribution in [2.45, 2.75) is 19.4 Å². The van der Waals surface area contributed by atoms with Gasteiger partial charge in [-0.2, -0.15) is 0 Å². The Bertz CT molecular complexity index is 1320. The zero-order valence-corrected chi connectivity index (χ0v) is 17.2. The third-order valence-electron chi connectivity index (χ3n) is 4.64. The van der Waals surface area contributed by atoms with Crippen molar-refractivity contribution in [3.8, 4) is 0 Å².